The fourth-order valence-electron chi connectivity index (χ4n) is 3.98. The third-order valence-corrected chi connectivity index (χ3v) is 5.88. The summed E-state index contributed by atoms with van der Waals surface area (Å²) in [6.07, 6.45) is 2.07. The zero-order valence-corrected chi connectivity index (χ0v) is 22.0. The third-order valence-electron chi connectivity index (χ3n) is 5.65. The standard InChI is InChI=1S/C27H27ClN6O4/c1-16(2)38-26(35)24-17(3)32-27(33-25(24)20-7-4-5-8-23(20)34(36)37)31-13-6-12-29-21-11-14-30-22-15-18(28)9-10-19(21)22/h4-5,7-11,14-16H,6,12-13H2,1-3H3,(H,29,30)(H,31,32,33). The van der Waals surface area contributed by atoms with E-state index in [1.54, 1.807) is 45.2 Å². The predicted molar refractivity (Wildman–Crippen MR) is 148 cm³/mol. The molecule has 11 heteroatoms. The number of benzene rings is 2. The fourth-order valence-corrected chi connectivity index (χ4v) is 4.15. The molecule has 0 saturated carbocycles. The van der Waals surface area contributed by atoms with Crippen LogP contribution in [0, 0.1) is 17.0 Å². The van der Waals surface area contributed by atoms with E-state index in [1.165, 1.54) is 6.07 Å². The van der Waals surface area contributed by atoms with Gasteiger partial charge in [0.1, 0.15) is 5.56 Å². The average Bonchev–Trinajstić information content (AvgIpc) is 2.87. The highest BCUT2D eigenvalue weighted by Gasteiger charge is 2.26. The SMILES string of the molecule is Cc1nc(NCCCNc2ccnc3cc(Cl)ccc23)nc(-c2ccccc2[N+](=O)[O-])c1C(=O)OC(C)C. The number of nitro groups is 1. The van der Waals surface area contributed by atoms with E-state index in [2.05, 4.69) is 25.6 Å². The summed E-state index contributed by atoms with van der Waals surface area (Å²) >= 11 is 6.07. The Bertz CT molecular complexity index is 1490. The number of halogens is 1. The number of hydrogen-bond donors (Lipinski definition) is 2. The topological polar surface area (TPSA) is 132 Å². The first-order chi connectivity index (χ1) is 18.2. The number of anilines is 2. The monoisotopic (exact) mass is 534 g/mol. The molecule has 2 aromatic carbocycles. The lowest BCUT2D eigenvalue weighted by Gasteiger charge is -2.15. The third kappa shape index (κ3) is 6.15. The lowest BCUT2D eigenvalue weighted by molar-refractivity contribution is -0.384. The number of carbonyl (C=O) groups is 1. The van der Waals surface area contributed by atoms with Gasteiger partial charge in [-0.2, -0.15) is 0 Å². The van der Waals surface area contributed by atoms with Gasteiger partial charge < -0.3 is 15.4 Å². The maximum atomic E-state index is 12.9. The fraction of sp³-hybridized carbons (Fsp3) is 0.259. The second-order valence-electron chi connectivity index (χ2n) is 8.81. The van der Waals surface area contributed by atoms with Crippen molar-refractivity contribution >= 4 is 45.8 Å². The van der Waals surface area contributed by atoms with Crippen molar-refractivity contribution < 1.29 is 14.5 Å². The molecular formula is C27H27ClN6O4. The van der Waals surface area contributed by atoms with E-state index in [0.29, 0.717) is 23.8 Å². The minimum Gasteiger partial charge on any atom is -0.459 e. The normalized spacial score (nSPS) is 11.0. The molecule has 2 aromatic heterocycles. The number of para-hydroxylation sites is 1. The largest absolute Gasteiger partial charge is 0.459 e. The Hall–Kier alpha value is -4.31. The molecule has 38 heavy (non-hydrogen) atoms. The van der Waals surface area contributed by atoms with Crippen molar-refractivity contribution in [2.75, 3.05) is 23.7 Å². The summed E-state index contributed by atoms with van der Waals surface area (Å²) in [5.74, 6) is -0.368. The molecule has 2 heterocycles. The van der Waals surface area contributed by atoms with E-state index in [-0.39, 0.29) is 34.6 Å². The second kappa shape index (κ2) is 11.8. The van der Waals surface area contributed by atoms with E-state index in [4.69, 9.17) is 16.3 Å². The number of ether oxygens (including phenoxy) is 1. The van der Waals surface area contributed by atoms with E-state index in [0.717, 1.165) is 23.0 Å². The zero-order valence-electron chi connectivity index (χ0n) is 21.2. The number of nitro benzene ring substituents is 1. The van der Waals surface area contributed by atoms with Gasteiger partial charge in [-0.25, -0.2) is 14.8 Å². The highest BCUT2D eigenvalue weighted by atomic mass is 35.5. The molecule has 4 aromatic rings. The Morgan fingerprint density at radius 3 is 2.63 bits per heavy atom. The van der Waals surface area contributed by atoms with Crippen molar-refractivity contribution in [1.82, 2.24) is 15.0 Å². The molecule has 0 radical (unpaired) electrons. The summed E-state index contributed by atoms with van der Waals surface area (Å²) in [4.78, 5) is 37.4. The molecule has 0 saturated heterocycles. The summed E-state index contributed by atoms with van der Waals surface area (Å²) in [5, 5.41) is 19.9. The van der Waals surface area contributed by atoms with Crippen LogP contribution in [0.15, 0.2) is 54.7 Å². The summed E-state index contributed by atoms with van der Waals surface area (Å²) in [6, 6.07) is 13.6. The van der Waals surface area contributed by atoms with Gasteiger partial charge in [0.05, 0.1) is 33.5 Å². The van der Waals surface area contributed by atoms with E-state index < -0.39 is 10.9 Å². The van der Waals surface area contributed by atoms with E-state index >= 15 is 0 Å². The van der Waals surface area contributed by atoms with Crippen molar-refractivity contribution in [2.24, 2.45) is 0 Å². The lowest BCUT2D eigenvalue weighted by atomic mass is 10.0. The van der Waals surface area contributed by atoms with Crippen molar-refractivity contribution in [1.29, 1.82) is 0 Å². The van der Waals surface area contributed by atoms with Crippen LogP contribution < -0.4 is 10.6 Å². The van der Waals surface area contributed by atoms with Crippen LogP contribution in [0.25, 0.3) is 22.2 Å². The van der Waals surface area contributed by atoms with Gasteiger partial charge in [0.25, 0.3) is 5.69 Å². The van der Waals surface area contributed by atoms with Gasteiger partial charge in [0.15, 0.2) is 0 Å². The number of pyridine rings is 1. The van der Waals surface area contributed by atoms with E-state index in [1.807, 2.05) is 24.3 Å². The molecule has 2 N–H and O–H groups in total. The predicted octanol–water partition coefficient (Wildman–Crippen LogP) is 6.04. The van der Waals surface area contributed by atoms with Gasteiger partial charge in [-0.1, -0.05) is 23.7 Å². The smallest absolute Gasteiger partial charge is 0.342 e. The number of esters is 1. The number of rotatable bonds is 10. The number of fused-ring (bicyclic) bond motifs is 1. The number of aryl methyl sites for hydroxylation is 1. The molecule has 0 aliphatic carbocycles. The first-order valence-corrected chi connectivity index (χ1v) is 12.5. The maximum absolute atomic E-state index is 12.9. The van der Waals surface area contributed by atoms with Crippen molar-refractivity contribution in [3.05, 3.63) is 81.1 Å². The van der Waals surface area contributed by atoms with Crippen LogP contribution in [-0.2, 0) is 4.74 Å². The highest BCUT2D eigenvalue weighted by molar-refractivity contribution is 6.31. The Morgan fingerprint density at radius 2 is 1.87 bits per heavy atom. The molecular weight excluding hydrogens is 508 g/mol. The summed E-state index contributed by atoms with van der Waals surface area (Å²) in [7, 11) is 0. The number of nitrogens with zero attached hydrogens (tertiary/aromatic N) is 4. The van der Waals surface area contributed by atoms with Crippen LogP contribution in [0.3, 0.4) is 0 Å². The minimum atomic E-state index is -0.632. The van der Waals surface area contributed by atoms with Crippen LogP contribution in [0.5, 0.6) is 0 Å². The summed E-state index contributed by atoms with van der Waals surface area (Å²) < 4.78 is 5.38. The lowest BCUT2D eigenvalue weighted by Crippen LogP contribution is -2.18. The van der Waals surface area contributed by atoms with E-state index in [9.17, 15) is 14.9 Å². The maximum Gasteiger partial charge on any atom is 0.342 e. The Balaban J connectivity index is 1.52. The van der Waals surface area contributed by atoms with Crippen molar-refractivity contribution in [3.8, 4) is 11.3 Å². The minimum absolute atomic E-state index is 0.102. The number of aromatic nitrogens is 3. The number of nitrogens with one attached hydrogen (secondary N) is 2. The first kappa shape index (κ1) is 26.7. The molecule has 0 fully saturated rings. The summed E-state index contributed by atoms with van der Waals surface area (Å²) in [5.41, 5.74) is 2.43. The van der Waals surface area contributed by atoms with Crippen LogP contribution in [0.1, 0.15) is 36.3 Å². The molecule has 0 atom stereocenters. The van der Waals surface area contributed by atoms with Gasteiger partial charge in [0.2, 0.25) is 5.95 Å². The van der Waals surface area contributed by atoms with Crippen LogP contribution in [0.4, 0.5) is 17.3 Å². The summed E-state index contributed by atoms with van der Waals surface area (Å²) in [6.45, 7) is 6.29. The van der Waals surface area contributed by atoms with Gasteiger partial charge in [0, 0.05) is 41.4 Å². The van der Waals surface area contributed by atoms with Gasteiger partial charge in [-0.05, 0) is 57.5 Å². The number of carbonyl (C=O) groups excluding carboxylic acids is 1. The Morgan fingerprint density at radius 1 is 1.11 bits per heavy atom. The molecule has 0 spiro atoms. The van der Waals surface area contributed by atoms with Gasteiger partial charge >= 0.3 is 5.97 Å². The molecule has 0 amide bonds. The van der Waals surface area contributed by atoms with Crippen molar-refractivity contribution in [2.45, 2.75) is 33.3 Å². The Labute approximate surface area is 224 Å². The average molecular weight is 535 g/mol. The quantitative estimate of drug-likeness (QED) is 0.108. The molecule has 0 aliphatic rings. The molecule has 0 bridgehead atoms. The molecule has 0 unspecified atom stereocenters. The second-order valence-corrected chi connectivity index (χ2v) is 9.25. The first-order valence-electron chi connectivity index (χ1n) is 12.1. The van der Waals surface area contributed by atoms with Crippen LogP contribution >= 0.6 is 11.6 Å². The molecule has 10 nitrogen and oxygen atoms in total. The zero-order chi connectivity index (χ0) is 27.2. The molecule has 0 aliphatic heterocycles. The van der Waals surface area contributed by atoms with Gasteiger partial charge in [-0.15, -0.1) is 0 Å². The molecule has 196 valence electrons. The highest BCUT2D eigenvalue weighted by Crippen LogP contribution is 2.33. The molecule has 4 rings (SSSR count). The van der Waals surface area contributed by atoms with Crippen molar-refractivity contribution in [3.63, 3.8) is 0 Å². The number of hydrogen-bond acceptors (Lipinski definition) is 9. The van der Waals surface area contributed by atoms with Gasteiger partial charge in [-0.3, -0.25) is 15.1 Å². The van der Waals surface area contributed by atoms with Crippen LogP contribution in [0.2, 0.25) is 5.02 Å². The Kier molecular flexibility index (Phi) is 8.32. The van der Waals surface area contributed by atoms with Crippen LogP contribution in [-0.4, -0.2) is 45.0 Å².